The monoisotopic (exact) mass is 266 g/mol. The Labute approximate surface area is 107 Å². The van der Waals surface area contributed by atoms with Gasteiger partial charge in [-0.1, -0.05) is 17.7 Å². The van der Waals surface area contributed by atoms with Gasteiger partial charge < -0.3 is 9.47 Å². The lowest BCUT2D eigenvalue weighted by atomic mass is 10.2. The van der Waals surface area contributed by atoms with Gasteiger partial charge in [-0.25, -0.2) is 4.79 Å². The van der Waals surface area contributed by atoms with E-state index in [2.05, 4.69) is 20.6 Å². The molecule has 1 N–H and O–H groups in total. The molecule has 0 unspecified atom stereocenters. The van der Waals surface area contributed by atoms with E-state index in [1.54, 1.807) is 12.1 Å². The quantitative estimate of drug-likeness (QED) is 0.390. The van der Waals surface area contributed by atoms with Crippen molar-refractivity contribution in [1.29, 1.82) is 0 Å². The summed E-state index contributed by atoms with van der Waals surface area (Å²) in [7, 11) is 0. The third-order valence-corrected chi connectivity index (χ3v) is 2.58. The number of hydrogen-bond acceptors (Lipinski definition) is 7. The molecule has 0 aliphatic carbocycles. The van der Waals surface area contributed by atoms with Gasteiger partial charge in [0.05, 0.1) is 0 Å². The van der Waals surface area contributed by atoms with Gasteiger partial charge in [0, 0.05) is 0 Å². The number of hydrogen-bond donors (Lipinski definition) is 1. The zero-order valence-corrected chi connectivity index (χ0v) is 10.3. The summed E-state index contributed by atoms with van der Waals surface area (Å²) < 4.78 is 9.78. The Kier molecular flexibility index (Phi) is 4.13. The largest absolute Gasteiger partial charge is 0.514 e. The zero-order chi connectivity index (χ0) is 12.8. The molecule has 18 heavy (non-hydrogen) atoms. The number of thioether (sulfide) groups is 1. The second-order valence-electron chi connectivity index (χ2n) is 3.27. The van der Waals surface area contributed by atoms with Gasteiger partial charge >= 0.3 is 6.16 Å². The van der Waals surface area contributed by atoms with Crippen molar-refractivity contribution in [3.05, 3.63) is 29.8 Å². The van der Waals surface area contributed by atoms with E-state index < -0.39 is 6.16 Å². The van der Waals surface area contributed by atoms with Crippen molar-refractivity contribution < 1.29 is 14.3 Å². The molecule has 0 fully saturated rings. The third-order valence-electron chi connectivity index (χ3n) is 1.91. The number of aromatic amines is 1. The van der Waals surface area contributed by atoms with Gasteiger partial charge in [0.2, 0.25) is 5.16 Å². The number of nitrogens with zero attached hydrogens (tertiary/aromatic N) is 3. The number of carbonyl (C=O) groups excluding carboxylic acids is 1. The Morgan fingerprint density at radius 2 is 2.17 bits per heavy atom. The lowest BCUT2D eigenvalue weighted by molar-refractivity contribution is 0.116. The van der Waals surface area contributed by atoms with Crippen molar-refractivity contribution in [2.45, 2.75) is 12.1 Å². The summed E-state index contributed by atoms with van der Waals surface area (Å²) in [5.74, 6) is 0.500. The van der Waals surface area contributed by atoms with Crippen molar-refractivity contribution in [1.82, 2.24) is 20.6 Å². The number of H-pyrrole nitrogens is 1. The topological polar surface area (TPSA) is 90.0 Å². The average Bonchev–Trinajstić information content (AvgIpc) is 2.85. The van der Waals surface area contributed by atoms with Crippen LogP contribution in [-0.2, 0) is 4.74 Å². The number of rotatable bonds is 4. The number of benzene rings is 1. The van der Waals surface area contributed by atoms with Gasteiger partial charge in [-0.05, 0) is 36.0 Å². The molecular weight excluding hydrogens is 256 g/mol. The summed E-state index contributed by atoms with van der Waals surface area (Å²) in [6, 6.07) is 7.08. The molecule has 0 bridgehead atoms. The molecule has 7 nitrogen and oxygen atoms in total. The van der Waals surface area contributed by atoms with Crippen molar-refractivity contribution in [2.24, 2.45) is 0 Å². The highest BCUT2D eigenvalue weighted by atomic mass is 32.2. The molecule has 0 saturated heterocycles. The molecule has 1 heterocycles. The van der Waals surface area contributed by atoms with Gasteiger partial charge in [0.25, 0.3) is 0 Å². The second-order valence-corrected chi connectivity index (χ2v) is 4.16. The predicted molar refractivity (Wildman–Crippen MR) is 63.2 cm³/mol. The fraction of sp³-hybridized carbons (Fsp3) is 0.200. The van der Waals surface area contributed by atoms with Gasteiger partial charge in [0.1, 0.15) is 11.7 Å². The average molecular weight is 266 g/mol. The molecular formula is C10H10N4O3S. The van der Waals surface area contributed by atoms with Crippen molar-refractivity contribution in [2.75, 3.05) is 5.94 Å². The molecule has 0 radical (unpaired) electrons. The Bertz CT molecular complexity index is 500. The number of nitrogens with one attached hydrogen (secondary N) is 1. The van der Waals surface area contributed by atoms with Gasteiger partial charge in [-0.15, -0.1) is 10.2 Å². The molecule has 0 atom stereocenters. The summed E-state index contributed by atoms with van der Waals surface area (Å²) in [5, 5.41) is 13.4. The zero-order valence-electron chi connectivity index (χ0n) is 9.49. The van der Waals surface area contributed by atoms with Crippen LogP contribution in [0.25, 0.3) is 0 Å². The molecule has 0 spiro atoms. The van der Waals surface area contributed by atoms with E-state index in [1.165, 1.54) is 0 Å². The maximum absolute atomic E-state index is 11.3. The standard InChI is InChI=1S/C10H10N4O3S/c1-7-2-4-8(5-3-7)17-10(15)16-6-18-9-11-13-14-12-9/h2-5H,6H2,1H3,(H,11,12,13,14). The fourth-order valence-corrected chi connectivity index (χ4v) is 1.54. The van der Waals surface area contributed by atoms with Crippen molar-refractivity contribution in [3.63, 3.8) is 0 Å². The first-order valence-corrected chi connectivity index (χ1v) is 6.00. The van der Waals surface area contributed by atoms with Gasteiger partial charge in [0.15, 0.2) is 0 Å². The molecule has 2 rings (SSSR count). The highest BCUT2D eigenvalue weighted by Gasteiger charge is 2.07. The molecule has 94 valence electrons. The maximum Gasteiger partial charge on any atom is 0.514 e. The Hall–Kier alpha value is -2.09. The van der Waals surface area contributed by atoms with E-state index in [9.17, 15) is 4.79 Å². The minimum Gasteiger partial charge on any atom is -0.422 e. The third kappa shape index (κ3) is 3.74. The summed E-state index contributed by atoms with van der Waals surface area (Å²) in [6.07, 6.45) is -0.769. The van der Waals surface area contributed by atoms with Gasteiger partial charge in [-0.2, -0.15) is 5.21 Å². The SMILES string of the molecule is Cc1ccc(OC(=O)OCSc2nn[nH]n2)cc1. The maximum atomic E-state index is 11.3. The first-order valence-electron chi connectivity index (χ1n) is 5.01. The van der Waals surface area contributed by atoms with Crippen LogP contribution in [0.1, 0.15) is 5.56 Å². The highest BCUT2D eigenvalue weighted by Crippen LogP contribution is 2.14. The Balaban J connectivity index is 1.73. The molecule has 1 aromatic carbocycles. The van der Waals surface area contributed by atoms with E-state index >= 15 is 0 Å². The molecule has 0 aliphatic rings. The summed E-state index contributed by atoms with van der Waals surface area (Å²) in [6.45, 7) is 1.95. The summed E-state index contributed by atoms with van der Waals surface area (Å²) in [5.41, 5.74) is 1.09. The smallest absolute Gasteiger partial charge is 0.422 e. The van der Waals surface area contributed by atoms with Crippen LogP contribution in [0, 0.1) is 6.92 Å². The predicted octanol–water partition coefficient (Wildman–Crippen LogP) is 1.77. The number of carbonyl (C=O) groups is 1. The Morgan fingerprint density at radius 3 is 2.83 bits per heavy atom. The van der Waals surface area contributed by atoms with Crippen LogP contribution >= 0.6 is 11.8 Å². The van der Waals surface area contributed by atoms with Crippen LogP contribution in [-0.4, -0.2) is 32.7 Å². The van der Waals surface area contributed by atoms with Crippen molar-refractivity contribution >= 4 is 17.9 Å². The minimum absolute atomic E-state index is 0.0598. The molecule has 0 saturated carbocycles. The minimum atomic E-state index is -0.769. The van der Waals surface area contributed by atoms with Crippen LogP contribution in [0.2, 0.25) is 0 Å². The first kappa shape index (κ1) is 12.4. The van der Waals surface area contributed by atoms with E-state index in [-0.39, 0.29) is 5.94 Å². The molecule has 0 amide bonds. The number of aryl methyl sites for hydroxylation is 1. The van der Waals surface area contributed by atoms with E-state index in [1.807, 2.05) is 19.1 Å². The van der Waals surface area contributed by atoms with Crippen LogP contribution in [0.15, 0.2) is 29.4 Å². The summed E-state index contributed by atoms with van der Waals surface area (Å²) in [4.78, 5) is 11.3. The van der Waals surface area contributed by atoms with Crippen LogP contribution in [0.3, 0.4) is 0 Å². The fourth-order valence-electron chi connectivity index (χ4n) is 1.08. The number of aromatic nitrogens is 4. The molecule has 8 heteroatoms. The molecule has 1 aromatic heterocycles. The van der Waals surface area contributed by atoms with E-state index in [0.29, 0.717) is 10.9 Å². The second kappa shape index (κ2) is 6.01. The van der Waals surface area contributed by atoms with Crippen molar-refractivity contribution in [3.8, 4) is 5.75 Å². The number of ether oxygens (including phenoxy) is 2. The normalized spacial score (nSPS) is 10.1. The summed E-state index contributed by atoms with van der Waals surface area (Å²) >= 11 is 1.13. The van der Waals surface area contributed by atoms with E-state index in [0.717, 1.165) is 17.3 Å². The molecule has 2 aromatic rings. The van der Waals surface area contributed by atoms with E-state index in [4.69, 9.17) is 9.47 Å². The van der Waals surface area contributed by atoms with Crippen LogP contribution in [0.4, 0.5) is 4.79 Å². The lowest BCUT2D eigenvalue weighted by Crippen LogP contribution is -2.10. The Morgan fingerprint density at radius 1 is 1.39 bits per heavy atom. The van der Waals surface area contributed by atoms with Crippen LogP contribution in [0.5, 0.6) is 5.75 Å². The molecule has 0 aliphatic heterocycles. The van der Waals surface area contributed by atoms with Gasteiger partial charge in [-0.3, -0.25) is 0 Å². The van der Waals surface area contributed by atoms with Crippen LogP contribution < -0.4 is 4.74 Å². The lowest BCUT2D eigenvalue weighted by Gasteiger charge is -2.04. The highest BCUT2D eigenvalue weighted by molar-refractivity contribution is 7.99. The number of tetrazole rings is 1. The first-order chi connectivity index (χ1) is 8.74.